The first-order valence-corrected chi connectivity index (χ1v) is 11.5. The maximum atomic E-state index is 13.0. The molecule has 2 amide bonds. The second kappa shape index (κ2) is 9.61. The van der Waals surface area contributed by atoms with Crippen LogP contribution in [0.4, 0.5) is 10.5 Å². The fraction of sp³-hybridized carbons (Fsp3) is 0.308. The molecule has 0 aliphatic heterocycles. The van der Waals surface area contributed by atoms with Crippen LogP contribution in [0.3, 0.4) is 0 Å². The van der Waals surface area contributed by atoms with Crippen molar-refractivity contribution in [3.63, 3.8) is 0 Å². The number of carbonyl (C=O) groups excluding carboxylic acids is 2. The van der Waals surface area contributed by atoms with E-state index in [1.807, 2.05) is 36.4 Å². The molecule has 9 nitrogen and oxygen atoms in total. The van der Waals surface area contributed by atoms with E-state index >= 15 is 0 Å². The van der Waals surface area contributed by atoms with Crippen LogP contribution >= 0.6 is 0 Å². The van der Waals surface area contributed by atoms with Crippen molar-refractivity contribution in [1.29, 1.82) is 0 Å². The van der Waals surface area contributed by atoms with Gasteiger partial charge in [-0.2, -0.15) is 5.10 Å². The predicted molar refractivity (Wildman–Crippen MR) is 130 cm³/mol. The van der Waals surface area contributed by atoms with E-state index in [0.717, 1.165) is 22.3 Å². The number of fused-ring (bicyclic) bond motifs is 3. The smallest absolute Gasteiger partial charge is 0.411 e. The lowest BCUT2D eigenvalue weighted by Crippen LogP contribution is -2.54. The van der Waals surface area contributed by atoms with Gasteiger partial charge in [-0.15, -0.1) is 0 Å². The molecule has 0 radical (unpaired) electrons. The zero-order chi connectivity index (χ0) is 25.2. The van der Waals surface area contributed by atoms with Gasteiger partial charge in [-0.25, -0.2) is 9.59 Å². The van der Waals surface area contributed by atoms with E-state index in [1.54, 1.807) is 13.8 Å². The minimum absolute atomic E-state index is 0.0334. The second-order valence-corrected chi connectivity index (χ2v) is 8.53. The van der Waals surface area contributed by atoms with Gasteiger partial charge in [0.1, 0.15) is 17.8 Å². The van der Waals surface area contributed by atoms with Crippen LogP contribution in [0.15, 0.2) is 54.7 Å². The first-order valence-electron chi connectivity index (χ1n) is 11.5. The van der Waals surface area contributed by atoms with Gasteiger partial charge in [0.25, 0.3) is 5.91 Å². The molecule has 0 saturated heterocycles. The Bertz CT molecular complexity index is 1230. The summed E-state index contributed by atoms with van der Waals surface area (Å²) in [5, 5.41) is 18.9. The molecule has 1 aliphatic rings. The van der Waals surface area contributed by atoms with E-state index in [0.29, 0.717) is 0 Å². The number of aliphatic carboxylic acids is 1. The SMILES string of the molecule is CCC(CC)(NC(=O)c1c(NC(=O)OCC2c3ccccc3-c3ccccc32)cnn1C)C(=O)O. The van der Waals surface area contributed by atoms with E-state index in [2.05, 4.69) is 27.9 Å². The van der Waals surface area contributed by atoms with Gasteiger partial charge >= 0.3 is 12.1 Å². The number of nitrogens with one attached hydrogen (secondary N) is 2. The molecule has 3 N–H and O–H groups in total. The van der Waals surface area contributed by atoms with Crippen molar-refractivity contribution in [3.8, 4) is 11.1 Å². The monoisotopic (exact) mass is 476 g/mol. The number of rotatable bonds is 8. The topological polar surface area (TPSA) is 123 Å². The summed E-state index contributed by atoms with van der Waals surface area (Å²) in [5.74, 6) is -1.87. The molecule has 3 aromatic rings. The number of carboxylic acids is 1. The summed E-state index contributed by atoms with van der Waals surface area (Å²) in [7, 11) is 1.54. The third kappa shape index (κ3) is 4.37. The first-order chi connectivity index (χ1) is 16.8. The van der Waals surface area contributed by atoms with Crippen LogP contribution < -0.4 is 10.6 Å². The molecule has 2 aromatic carbocycles. The van der Waals surface area contributed by atoms with Gasteiger partial charge in [0, 0.05) is 13.0 Å². The molecule has 1 aliphatic carbocycles. The number of hydrogen-bond acceptors (Lipinski definition) is 5. The number of nitrogens with zero attached hydrogens (tertiary/aromatic N) is 2. The van der Waals surface area contributed by atoms with Crippen LogP contribution in [0.25, 0.3) is 11.1 Å². The van der Waals surface area contributed by atoms with Gasteiger partial charge in [-0.05, 0) is 35.1 Å². The lowest BCUT2D eigenvalue weighted by Gasteiger charge is -2.28. The van der Waals surface area contributed by atoms with Gasteiger partial charge in [0.15, 0.2) is 0 Å². The van der Waals surface area contributed by atoms with E-state index in [-0.39, 0.29) is 36.7 Å². The van der Waals surface area contributed by atoms with Crippen molar-refractivity contribution in [2.75, 3.05) is 11.9 Å². The average molecular weight is 477 g/mol. The summed E-state index contributed by atoms with van der Waals surface area (Å²) in [4.78, 5) is 37.5. The summed E-state index contributed by atoms with van der Waals surface area (Å²) < 4.78 is 6.84. The molecule has 1 aromatic heterocycles. The van der Waals surface area contributed by atoms with Crippen molar-refractivity contribution in [2.45, 2.75) is 38.1 Å². The van der Waals surface area contributed by atoms with Gasteiger partial charge in [-0.1, -0.05) is 62.4 Å². The Morgan fingerprint density at radius 2 is 1.60 bits per heavy atom. The summed E-state index contributed by atoms with van der Waals surface area (Å²) in [6, 6.07) is 16.1. The molecule has 0 unspecified atom stereocenters. The van der Waals surface area contributed by atoms with Crippen LogP contribution in [0.2, 0.25) is 0 Å². The highest BCUT2D eigenvalue weighted by Gasteiger charge is 2.38. The Hall–Kier alpha value is -4.14. The van der Waals surface area contributed by atoms with Crippen molar-refractivity contribution < 1.29 is 24.2 Å². The summed E-state index contributed by atoms with van der Waals surface area (Å²) in [6.45, 7) is 3.50. The highest BCUT2D eigenvalue weighted by molar-refractivity contribution is 6.03. The standard InChI is InChI=1S/C26H28N4O5/c1-4-26(5-2,24(32)33)29-23(31)22-21(14-27-30(22)3)28-25(34)35-15-20-18-12-8-6-10-16(18)17-11-7-9-13-19(17)20/h6-14,20H,4-5,15H2,1-3H3,(H,28,34)(H,29,31)(H,32,33). The number of anilines is 1. The van der Waals surface area contributed by atoms with Crippen LogP contribution in [-0.4, -0.2) is 45.0 Å². The first kappa shape index (κ1) is 24.0. The number of hydrogen-bond donors (Lipinski definition) is 3. The molecule has 0 fully saturated rings. The van der Waals surface area contributed by atoms with Crippen molar-refractivity contribution in [1.82, 2.24) is 15.1 Å². The third-order valence-electron chi connectivity index (χ3n) is 6.70. The third-order valence-corrected chi connectivity index (χ3v) is 6.70. The number of amides is 2. The largest absolute Gasteiger partial charge is 0.480 e. The molecule has 0 atom stereocenters. The lowest BCUT2D eigenvalue weighted by molar-refractivity contribution is -0.144. The summed E-state index contributed by atoms with van der Waals surface area (Å²) in [5.41, 5.74) is 3.18. The molecule has 0 bridgehead atoms. The van der Waals surface area contributed by atoms with Crippen LogP contribution in [0.1, 0.15) is 54.2 Å². The normalized spacial score (nSPS) is 12.5. The minimum Gasteiger partial charge on any atom is -0.480 e. The second-order valence-electron chi connectivity index (χ2n) is 8.53. The Balaban J connectivity index is 1.48. The maximum absolute atomic E-state index is 13.0. The number of aromatic nitrogens is 2. The van der Waals surface area contributed by atoms with Gasteiger partial charge in [0.2, 0.25) is 0 Å². The van der Waals surface area contributed by atoms with Crippen LogP contribution in [-0.2, 0) is 16.6 Å². The van der Waals surface area contributed by atoms with E-state index in [1.165, 1.54) is 17.9 Å². The highest BCUT2D eigenvalue weighted by atomic mass is 16.5. The van der Waals surface area contributed by atoms with E-state index in [4.69, 9.17) is 4.74 Å². The zero-order valence-corrected chi connectivity index (χ0v) is 19.9. The molecular weight excluding hydrogens is 448 g/mol. The van der Waals surface area contributed by atoms with Gasteiger partial charge in [0.05, 0.1) is 11.9 Å². The maximum Gasteiger partial charge on any atom is 0.411 e. The quantitative estimate of drug-likeness (QED) is 0.449. The molecule has 0 spiro atoms. The average Bonchev–Trinajstić information content (AvgIpc) is 3.38. The Morgan fingerprint density at radius 1 is 1.03 bits per heavy atom. The Kier molecular flexibility index (Phi) is 6.59. The number of aryl methyl sites for hydroxylation is 1. The van der Waals surface area contributed by atoms with Crippen molar-refractivity contribution in [3.05, 3.63) is 71.5 Å². The molecule has 9 heteroatoms. The lowest BCUT2D eigenvalue weighted by atomic mass is 9.92. The zero-order valence-electron chi connectivity index (χ0n) is 19.9. The summed E-state index contributed by atoms with van der Waals surface area (Å²) >= 11 is 0. The van der Waals surface area contributed by atoms with Gasteiger partial charge < -0.3 is 15.2 Å². The Morgan fingerprint density at radius 3 is 2.14 bits per heavy atom. The molecule has 1 heterocycles. The number of ether oxygens (including phenoxy) is 1. The fourth-order valence-corrected chi connectivity index (χ4v) is 4.60. The fourth-order valence-electron chi connectivity index (χ4n) is 4.60. The highest BCUT2D eigenvalue weighted by Crippen LogP contribution is 2.44. The Labute approximate surface area is 203 Å². The number of carboxylic acid groups (broad SMARTS) is 1. The van der Waals surface area contributed by atoms with E-state index < -0.39 is 23.5 Å². The van der Waals surface area contributed by atoms with E-state index in [9.17, 15) is 19.5 Å². The predicted octanol–water partition coefficient (Wildman–Crippen LogP) is 4.15. The molecule has 0 saturated carbocycles. The van der Waals surface area contributed by atoms with Crippen LogP contribution in [0.5, 0.6) is 0 Å². The summed E-state index contributed by atoms with van der Waals surface area (Å²) in [6.07, 6.45) is 1.01. The van der Waals surface area contributed by atoms with Crippen molar-refractivity contribution >= 4 is 23.7 Å². The molecule has 35 heavy (non-hydrogen) atoms. The minimum atomic E-state index is -1.41. The number of benzene rings is 2. The van der Waals surface area contributed by atoms with Gasteiger partial charge in [-0.3, -0.25) is 14.8 Å². The molecular formula is C26H28N4O5. The molecule has 182 valence electrons. The van der Waals surface area contributed by atoms with Crippen LogP contribution in [0, 0.1) is 0 Å². The molecule has 4 rings (SSSR count). The number of carbonyl (C=O) groups is 3. The van der Waals surface area contributed by atoms with Crippen molar-refractivity contribution in [2.24, 2.45) is 7.05 Å².